The van der Waals surface area contributed by atoms with Gasteiger partial charge in [0.15, 0.2) is 0 Å². The lowest BCUT2D eigenvalue weighted by atomic mass is 10.1. The molecular formula is C10H15N3. The number of nitrogens with one attached hydrogen (secondary N) is 1. The summed E-state index contributed by atoms with van der Waals surface area (Å²) in [4.78, 5) is 4.02. The number of hydrogen-bond acceptors (Lipinski definition) is 3. The summed E-state index contributed by atoms with van der Waals surface area (Å²) < 4.78 is 0. The maximum Gasteiger partial charge on any atom is 0.0547 e. The van der Waals surface area contributed by atoms with Gasteiger partial charge in [-0.05, 0) is 24.3 Å². The maximum absolute atomic E-state index is 5.61. The number of nitrogens with zero attached hydrogens (tertiary/aromatic N) is 1. The Morgan fingerprint density at radius 3 is 2.92 bits per heavy atom. The highest BCUT2D eigenvalue weighted by atomic mass is 14.9. The van der Waals surface area contributed by atoms with E-state index in [4.69, 9.17) is 5.73 Å². The van der Waals surface area contributed by atoms with Crippen molar-refractivity contribution in [2.75, 3.05) is 17.6 Å². The number of pyridine rings is 1. The molecule has 0 radical (unpaired) electrons. The van der Waals surface area contributed by atoms with Gasteiger partial charge in [0.2, 0.25) is 0 Å². The molecule has 1 aliphatic carbocycles. The molecule has 0 spiro atoms. The van der Waals surface area contributed by atoms with E-state index in [9.17, 15) is 0 Å². The van der Waals surface area contributed by atoms with Crippen LogP contribution in [0.2, 0.25) is 0 Å². The lowest BCUT2D eigenvalue weighted by Gasteiger charge is -2.10. The molecule has 0 unspecified atom stereocenters. The van der Waals surface area contributed by atoms with Crippen LogP contribution in [0, 0.1) is 5.41 Å². The van der Waals surface area contributed by atoms with E-state index in [2.05, 4.69) is 17.2 Å². The summed E-state index contributed by atoms with van der Waals surface area (Å²) in [6, 6.07) is 1.92. The molecule has 3 heteroatoms. The molecule has 2 rings (SSSR count). The van der Waals surface area contributed by atoms with Gasteiger partial charge in [-0.25, -0.2) is 0 Å². The first-order chi connectivity index (χ1) is 6.18. The van der Waals surface area contributed by atoms with Crippen LogP contribution in [0.3, 0.4) is 0 Å². The van der Waals surface area contributed by atoms with Crippen molar-refractivity contribution >= 4 is 11.4 Å². The van der Waals surface area contributed by atoms with Crippen molar-refractivity contribution in [1.29, 1.82) is 0 Å². The molecule has 1 aliphatic rings. The van der Waals surface area contributed by atoms with Gasteiger partial charge in [-0.3, -0.25) is 4.98 Å². The lowest BCUT2D eigenvalue weighted by molar-refractivity contribution is 0.610. The largest absolute Gasteiger partial charge is 0.397 e. The zero-order valence-electron chi connectivity index (χ0n) is 7.88. The molecule has 70 valence electrons. The van der Waals surface area contributed by atoms with Gasteiger partial charge in [0.25, 0.3) is 0 Å². The lowest BCUT2D eigenvalue weighted by Crippen LogP contribution is -2.11. The average molecular weight is 177 g/mol. The molecule has 0 atom stereocenters. The third-order valence-corrected chi connectivity index (χ3v) is 2.58. The van der Waals surface area contributed by atoms with E-state index in [1.54, 1.807) is 6.20 Å². The van der Waals surface area contributed by atoms with E-state index in [1.165, 1.54) is 12.8 Å². The van der Waals surface area contributed by atoms with Crippen molar-refractivity contribution < 1.29 is 0 Å². The highest BCUT2D eigenvalue weighted by Crippen LogP contribution is 2.44. The third kappa shape index (κ3) is 2.11. The smallest absolute Gasteiger partial charge is 0.0547 e. The Morgan fingerprint density at radius 1 is 1.54 bits per heavy atom. The van der Waals surface area contributed by atoms with Crippen molar-refractivity contribution in [3.8, 4) is 0 Å². The van der Waals surface area contributed by atoms with E-state index in [-0.39, 0.29) is 0 Å². The van der Waals surface area contributed by atoms with Crippen LogP contribution < -0.4 is 11.1 Å². The highest BCUT2D eigenvalue weighted by molar-refractivity contribution is 5.51. The molecule has 0 aliphatic heterocycles. The van der Waals surface area contributed by atoms with Crippen molar-refractivity contribution in [3.05, 3.63) is 18.5 Å². The molecule has 13 heavy (non-hydrogen) atoms. The first-order valence-electron chi connectivity index (χ1n) is 4.62. The molecule has 0 amide bonds. The monoisotopic (exact) mass is 177 g/mol. The quantitative estimate of drug-likeness (QED) is 0.741. The summed E-state index contributed by atoms with van der Waals surface area (Å²) in [5, 5.41) is 3.35. The summed E-state index contributed by atoms with van der Waals surface area (Å²) in [5.74, 6) is 0. The molecule has 1 saturated carbocycles. The molecule has 0 bridgehead atoms. The minimum atomic E-state index is 0.518. The maximum atomic E-state index is 5.61. The predicted molar refractivity (Wildman–Crippen MR) is 54.5 cm³/mol. The van der Waals surface area contributed by atoms with E-state index >= 15 is 0 Å². The SMILES string of the molecule is CC1(CNc2cncc(N)c2)CC1. The van der Waals surface area contributed by atoms with Gasteiger partial charge in [-0.1, -0.05) is 6.92 Å². The van der Waals surface area contributed by atoms with Gasteiger partial charge >= 0.3 is 0 Å². The minimum absolute atomic E-state index is 0.518. The van der Waals surface area contributed by atoms with Crippen LogP contribution in [0.1, 0.15) is 19.8 Å². The normalized spacial score (nSPS) is 18.2. The van der Waals surface area contributed by atoms with Gasteiger partial charge in [0.1, 0.15) is 0 Å². The molecular weight excluding hydrogens is 162 g/mol. The molecule has 1 heterocycles. The Hall–Kier alpha value is -1.25. The van der Waals surface area contributed by atoms with Crippen LogP contribution in [0.4, 0.5) is 11.4 Å². The van der Waals surface area contributed by atoms with E-state index < -0.39 is 0 Å². The summed E-state index contributed by atoms with van der Waals surface area (Å²) in [7, 11) is 0. The zero-order chi connectivity index (χ0) is 9.31. The van der Waals surface area contributed by atoms with Gasteiger partial charge in [-0.15, -0.1) is 0 Å². The fourth-order valence-electron chi connectivity index (χ4n) is 1.26. The summed E-state index contributed by atoms with van der Waals surface area (Å²) in [5.41, 5.74) is 7.86. The third-order valence-electron chi connectivity index (χ3n) is 2.58. The van der Waals surface area contributed by atoms with E-state index in [1.807, 2.05) is 12.3 Å². The first-order valence-corrected chi connectivity index (χ1v) is 4.62. The topological polar surface area (TPSA) is 50.9 Å². The van der Waals surface area contributed by atoms with Crippen molar-refractivity contribution in [2.24, 2.45) is 5.41 Å². The van der Waals surface area contributed by atoms with Crippen LogP contribution in [0.25, 0.3) is 0 Å². The van der Waals surface area contributed by atoms with Gasteiger partial charge < -0.3 is 11.1 Å². The van der Waals surface area contributed by atoms with Crippen LogP contribution in [0.15, 0.2) is 18.5 Å². The van der Waals surface area contributed by atoms with Crippen LogP contribution in [-0.4, -0.2) is 11.5 Å². The Bertz CT molecular complexity index is 305. The molecule has 1 aromatic rings. The fraction of sp³-hybridized carbons (Fsp3) is 0.500. The molecule has 0 saturated heterocycles. The standard InChI is InChI=1S/C10H15N3/c1-10(2-3-10)7-13-9-4-8(11)5-12-6-9/h4-6,13H,2-3,7,11H2,1H3. The van der Waals surface area contributed by atoms with Gasteiger partial charge in [0.05, 0.1) is 17.6 Å². The second-order valence-electron chi connectivity index (χ2n) is 4.17. The van der Waals surface area contributed by atoms with Crippen LogP contribution >= 0.6 is 0 Å². The van der Waals surface area contributed by atoms with Crippen LogP contribution in [-0.2, 0) is 0 Å². The number of rotatable bonds is 3. The highest BCUT2D eigenvalue weighted by Gasteiger charge is 2.36. The number of nitrogens with two attached hydrogens (primary N) is 1. The molecule has 0 aromatic carbocycles. The Balaban J connectivity index is 1.94. The van der Waals surface area contributed by atoms with E-state index in [0.29, 0.717) is 11.1 Å². The number of anilines is 2. The Morgan fingerprint density at radius 2 is 2.31 bits per heavy atom. The molecule has 3 N–H and O–H groups in total. The van der Waals surface area contributed by atoms with Crippen molar-refractivity contribution in [3.63, 3.8) is 0 Å². The van der Waals surface area contributed by atoms with Crippen molar-refractivity contribution in [2.45, 2.75) is 19.8 Å². The first kappa shape index (κ1) is 8.35. The van der Waals surface area contributed by atoms with E-state index in [0.717, 1.165) is 12.2 Å². The Labute approximate surface area is 78.4 Å². The number of aromatic nitrogens is 1. The predicted octanol–water partition coefficient (Wildman–Crippen LogP) is 1.88. The number of hydrogen-bond donors (Lipinski definition) is 2. The molecule has 3 nitrogen and oxygen atoms in total. The second kappa shape index (κ2) is 2.91. The molecule has 1 aromatic heterocycles. The number of nitrogen functional groups attached to an aromatic ring is 1. The second-order valence-corrected chi connectivity index (χ2v) is 4.17. The Kier molecular flexibility index (Phi) is 1.87. The summed E-state index contributed by atoms with van der Waals surface area (Å²) in [6.45, 7) is 3.32. The fourth-order valence-corrected chi connectivity index (χ4v) is 1.26. The zero-order valence-corrected chi connectivity index (χ0v) is 7.88. The van der Waals surface area contributed by atoms with Gasteiger partial charge in [0, 0.05) is 12.7 Å². The van der Waals surface area contributed by atoms with Crippen LogP contribution in [0.5, 0.6) is 0 Å². The minimum Gasteiger partial charge on any atom is -0.397 e. The summed E-state index contributed by atoms with van der Waals surface area (Å²) in [6.07, 6.45) is 6.12. The van der Waals surface area contributed by atoms with Crippen molar-refractivity contribution in [1.82, 2.24) is 4.98 Å². The average Bonchev–Trinajstić information content (AvgIpc) is 2.82. The van der Waals surface area contributed by atoms with Gasteiger partial charge in [-0.2, -0.15) is 0 Å². The molecule has 1 fully saturated rings. The summed E-state index contributed by atoms with van der Waals surface area (Å²) >= 11 is 0.